The third-order valence-corrected chi connectivity index (χ3v) is 5.79. The number of aryl methyl sites for hydroxylation is 1. The zero-order chi connectivity index (χ0) is 24.2. The molecule has 1 amide bonds. The Bertz CT molecular complexity index is 1360. The number of carbonyl (C=O) groups excluding carboxylic acids is 1. The summed E-state index contributed by atoms with van der Waals surface area (Å²) >= 11 is 1.08. The molecule has 0 bridgehead atoms. The van der Waals surface area contributed by atoms with Gasteiger partial charge in [-0.2, -0.15) is 0 Å². The predicted molar refractivity (Wildman–Crippen MR) is 124 cm³/mol. The number of nitro benzene ring substituents is 1. The Balaban J connectivity index is 1.59. The molecule has 0 atom stereocenters. The summed E-state index contributed by atoms with van der Waals surface area (Å²) in [5.41, 5.74) is 2.03. The van der Waals surface area contributed by atoms with Crippen LogP contribution in [0.2, 0.25) is 0 Å². The zero-order valence-electron chi connectivity index (χ0n) is 17.7. The Labute approximate surface area is 196 Å². The fourth-order valence-corrected chi connectivity index (χ4v) is 3.90. The number of carbonyl (C=O) groups is 1. The Morgan fingerprint density at radius 1 is 1.03 bits per heavy atom. The van der Waals surface area contributed by atoms with Crippen LogP contribution in [0, 0.1) is 28.7 Å². The lowest BCUT2D eigenvalue weighted by Gasteiger charge is -2.11. The molecule has 0 aliphatic carbocycles. The number of benzene rings is 3. The Hall–Kier alpha value is -4.12. The van der Waals surface area contributed by atoms with Crippen molar-refractivity contribution in [1.82, 2.24) is 14.8 Å². The first-order valence-corrected chi connectivity index (χ1v) is 11.0. The molecule has 172 valence electrons. The molecule has 1 heterocycles. The van der Waals surface area contributed by atoms with Crippen molar-refractivity contribution < 1.29 is 18.5 Å². The van der Waals surface area contributed by atoms with E-state index in [1.165, 1.54) is 36.4 Å². The summed E-state index contributed by atoms with van der Waals surface area (Å²) < 4.78 is 28.5. The summed E-state index contributed by atoms with van der Waals surface area (Å²) in [6.45, 7) is 1.73. The van der Waals surface area contributed by atoms with Crippen molar-refractivity contribution in [3.63, 3.8) is 0 Å². The Morgan fingerprint density at radius 3 is 2.32 bits per heavy atom. The summed E-state index contributed by atoms with van der Waals surface area (Å²) in [5.74, 6) is -0.889. The predicted octanol–water partition coefficient (Wildman–Crippen LogP) is 5.16. The van der Waals surface area contributed by atoms with E-state index in [-0.39, 0.29) is 11.4 Å². The molecule has 1 aromatic heterocycles. The molecule has 0 aliphatic rings. The van der Waals surface area contributed by atoms with Crippen LogP contribution in [0.25, 0.3) is 17.1 Å². The van der Waals surface area contributed by atoms with Crippen molar-refractivity contribution in [2.24, 2.45) is 0 Å². The van der Waals surface area contributed by atoms with Crippen LogP contribution in [0.4, 0.5) is 20.2 Å². The lowest BCUT2D eigenvalue weighted by atomic mass is 10.2. The fourth-order valence-electron chi connectivity index (χ4n) is 3.15. The van der Waals surface area contributed by atoms with Crippen LogP contribution in [-0.4, -0.2) is 31.3 Å². The molecule has 0 aliphatic heterocycles. The van der Waals surface area contributed by atoms with Crippen molar-refractivity contribution in [1.29, 1.82) is 0 Å². The number of nitrogens with one attached hydrogen (secondary N) is 1. The molecular weight excluding hydrogens is 464 g/mol. The van der Waals surface area contributed by atoms with E-state index in [2.05, 4.69) is 15.5 Å². The van der Waals surface area contributed by atoms with Crippen LogP contribution < -0.4 is 5.32 Å². The highest BCUT2D eigenvalue weighted by Crippen LogP contribution is 2.29. The number of non-ortho nitro benzene ring substituents is 1. The molecule has 8 nitrogen and oxygen atoms in total. The topological polar surface area (TPSA) is 103 Å². The number of rotatable bonds is 7. The highest BCUT2D eigenvalue weighted by molar-refractivity contribution is 7.99. The van der Waals surface area contributed by atoms with Crippen molar-refractivity contribution in [2.75, 3.05) is 11.1 Å². The average molecular weight is 481 g/mol. The number of nitro groups is 1. The van der Waals surface area contributed by atoms with E-state index in [1.54, 1.807) is 41.8 Å². The maximum Gasteiger partial charge on any atom is 0.271 e. The van der Waals surface area contributed by atoms with E-state index in [1.807, 2.05) is 0 Å². The third kappa shape index (κ3) is 5.09. The lowest BCUT2D eigenvalue weighted by Crippen LogP contribution is -2.15. The molecule has 0 radical (unpaired) electrons. The first-order valence-electron chi connectivity index (χ1n) is 9.97. The summed E-state index contributed by atoms with van der Waals surface area (Å²) in [7, 11) is 0. The van der Waals surface area contributed by atoms with E-state index < -0.39 is 22.5 Å². The van der Waals surface area contributed by atoms with Gasteiger partial charge in [-0.3, -0.25) is 19.5 Å². The van der Waals surface area contributed by atoms with Gasteiger partial charge in [-0.15, -0.1) is 10.2 Å². The smallest absolute Gasteiger partial charge is 0.271 e. The van der Waals surface area contributed by atoms with Gasteiger partial charge in [0.05, 0.1) is 16.4 Å². The van der Waals surface area contributed by atoms with E-state index in [4.69, 9.17) is 0 Å². The number of amides is 1. The van der Waals surface area contributed by atoms with Crippen molar-refractivity contribution in [2.45, 2.75) is 12.1 Å². The number of anilines is 1. The van der Waals surface area contributed by atoms with Crippen LogP contribution >= 0.6 is 11.8 Å². The monoisotopic (exact) mass is 481 g/mol. The van der Waals surface area contributed by atoms with Gasteiger partial charge in [-0.05, 0) is 61.0 Å². The van der Waals surface area contributed by atoms with Gasteiger partial charge in [0.2, 0.25) is 5.91 Å². The second kappa shape index (κ2) is 9.79. The second-order valence-corrected chi connectivity index (χ2v) is 8.16. The number of hydrogen-bond acceptors (Lipinski definition) is 6. The van der Waals surface area contributed by atoms with Gasteiger partial charge < -0.3 is 5.32 Å². The van der Waals surface area contributed by atoms with E-state index in [9.17, 15) is 23.7 Å². The molecule has 1 N–H and O–H groups in total. The van der Waals surface area contributed by atoms with Crippen molar-refractivity contribution in [3.05, 3.63) is 94.0 Å². The summed E-state index contributed by atoms with van der Waals surface area (Å²) in [5, 5.41) is 22.4. The minimum Gasteiger partial charge on any atom is -0.325 e. The number of aromatic nitrogens is 3. The van der Waals surface area contributed by atoms with Crippen molar-refractivity contribution in [3.8, 4) is 17.1 Å². The van der Waals surface area contributed by atoms with Crippen molar-refractivity contribution >= 4 is 29.0 Å². The Kier molecular flexibility index (Phi) is 6.64. The quantitative estimate of drug-likeness (QED) is 0.222. The van der Waals surface area contributed by atoms with Gasteiger partial charge in [0.15, 0.2) is 11.0 Å². The highest BCUT2D eigenvalue weighted by Gasteiger charge is 2.18. The molecule has 0 spiro atoms. The maximum atomic E-state index is 13.5. The lowest BCUT2D eigenvalue weighted by molar-refractivity contribution is -0.384. The Morgan fingerprint density at radius 2 is 1.68 bits per heavy atom. The van der Waals surface area contributed by atoms with Crippen LogP contribution in [0.1, 0.15) is 5.56 Å². The molecule has 4 aromatic rings. The zero-order valence-corrected chi connectivity index (χ0v) is 18.6. The first-order chi connectivity index (χ1) is 16.3. The summed E-state index contributed by atoms with van der Waals surface area (Å²) in [4.78, 5) is 23.1. The normalized spacial score (nSPS) is 10.8. The fraction of sp³-hybridized carbons (Fsp3) is 0.0870. The van der Waals surface area contributed by atoms with Gasteiger partial charge in [-0.1, -0.05) is 17.8 Å². The van der Waals surface area contributed by atoms with E-state index in [0.29, 0.717) is 33.5 Å². The van der Waals surface area contributed by atoms with Gasteiger partial charge in [0, 0.05) is 23.4 Å². The van der Waals surface area contributed by atoms with Gasteiger partial charge in [-0.25, -0.2) is 8.78 Å². The molecule has 0 unspecified atom stereocenters. The second-order valence-electron chi connectivity index (χ2n) is 7.22. The third-order valence-electron chi connectivity index (χ3n) is 4.86. The number of thioether (sulfide) groups is 1. The molecule has 4 rings (SSSR count). The van der Waals surface area contributed by atoms with Crippen LogP contribution in [-0.2, 0) is 4.79 Å². The van der Waals surface area contributed by atoms with E-state index >= 15 is 0 Å². The van der Waals surface area contributed by atoms with Gasteiger partial charge in [0.1, 0.15) is 11.6 Å². The maximum absolute atomic E-state index is 13.5. The SMILES string of the molecule is Cc1ccc([N+](=O)[O-])cc1NC(=O)CSc1nnc(-c2ccc(F)cc2)n1-c1ccc(F)cc1. The first kappa shape index (κ1) is 23.1. The number of hydrogen-bond donors (Lipinski definition) is 1. The van der Waals surface area contributed by atoms with Crippen LogP contribution in [0.15, 0.2) is 71.9 Å². The van der Waals surface area contributed by atoms with Crippen LogP contribution in [0.5, 0.6) is 0 Å². The molecule has 0 saturated heterocycles. The molecule has 34 heavy (non-hydrogen) atoms. The van der Waals surface area contributed by atoms with Gasteiger partial charge in [0.25, 0.3) is 5.69 Å². The average Bonchev–Trinajstić information content (AvgIpc) is 3.24. The van der Waals surface area contributed by atoms with Gasteiger partial charge >= 0.3 is 0 Å². The highest BCUT2D eigenvalue weighted by atomic mass is 32.2. The molecule has 11 heteroatoms. The minimum atomic E-state index is -0.536. The summed E-state index contributed by atoms with van der Waals surface area (Å²) in [6, 6.07) is 15.6. The molecular formula is C23H17F2N5O3S. The largest absolute Gasteiger partial charge is 0.325 e. The standard InChI is InChI=1S/C23H17F2N5O3S/c1-14-2-9-19(30(32)33)12-20(14)26-21(31)13-34-23-28-27-22(15-3-5-16(24)6-4-15)29(23)18-10-7-17(25)8-11-18/h2-12H,13H2,1H3,(H,26,31). The molecule has 0 saturated carbocycles. The van der Waals surface area contributed by atoms with Crippen LogP contribution in [0.3, 0.4) is 0 Å². The summed E-state index contributed by atoms with van der Waals surface area (Å²) in [6.07, 6.45) is 0. The van der Waals surface area contributed by atoms with E-state index in [0.717, 1.165) is 11.8 Å². The number of nitrogens with zero attached hydrogens (tertiary/aromatic N) is 4. The molecule has 3 aromatic carbocycles. The minimum absolute atomic E-state index is 0.0646. The number of halogens is 2. The molecule has 0 fully saturated rings.